The molecule has 3 N–H and O–H groups in total. The molecule has 2 rings (SSSR count). The van der Waals surface area contributed by atoms with Crippen molar-refractivity contribution in [3.63, 3.8) is 0 Å². The van der Waals surface area contributed by atoms with Gasteiger partial charge >= 0.3 is 0 Å². The van der Waals surface area contributed by atoms with E-state index in [1.54, 1.807) is 0 Å². The summed E-state index contributed by atoms with van der Waals surface area (Å²) in [6.07, 6.45) is 2.71. The minimum Gasteiger partial charge on any atom is -0.354 e. The number of piperazine rings is 1. The quantitative estimate of drug-likeness (QED) is 0.812. The summed E-state index contributed by atoms with van der Waals surface area (Å²) < 4.78 is 0. The highest BCUT2D eigenvalue weighted by molar-refractivity contribution is 5.81. The van der Waals surface area contributed by atoms with Gasteiger partial charge < -0.3 is 20.9 Å². The molecule has 0 bridgehead atoms. The van der Waals surface area contributed by atoms with Gasteiger partial charge in [-0.15, -0.1) is 0 Å². The van der Waals surface area contributed by atoms with Crippen molar-refractivity contribution in [2.24, 2.45) is 11.7 Å². The fraction of sp³-hybridized carbons (Fsp3) is 0.647. The van der Waals surface area contributed by atoms with Crippen LogP contribution < -0.4 is 16.0 Å². The number of nitrogens with one attached hydrogen (secondary N) is 1. The molecule has 23 heavy (non-hydrogen) atoms. The molecule has 6 heteroatoms. The van der Waals surface area contributed by atoms with Crippen LogP contribution in [0.2, 0.25) is 0 Å². The maximum absolute atomic E-state index is 12.2. The van der Waals surface area contributed by atoms with Crippen LogP contribution in [-0.2, 0) is 11.3 Å². The Morgan fingerprint density at radius 1 is 1.39 bits per heavy atom. The minimum atomic E-state index is -0.455. The molecule has 0 radical (unpaired) electrons. The third-order valence-electron chi connectivity index (χ3n) is 4.68. The Hall–Kier alpha value is -1.66. The zero-order valence-corrected chi connectivity index (χ0v) is 14.5. The highest BCUT2D eigenvalue weighted by atomic mass is 16.2. The zero-order chi connectivity index (χ0) is 16.8. The Kier molecular flexibility index (Phi) is 6.36. The number of carbonyl (C=O) groups is 1. The fourth-order valence-corrected chi connectivity index (χ4v) is 2.68. The van der Waals surface area contributed by atoms with E-state index in [0.29, 0.717) is 6.54 Å². The van der Waals surface area contributed by atoms with E-state index in [2.05, 4.69) is 27.1 Å². The van der Waals surface area contributed by atoms with Crippen LogP contribution in [0.3, 0.4) is 0 Å². The van der Waals surface area contributed by atoms with Crippen LogP contribution in [0.1, 0.15) is 25.8 Å². The first-order valence-corrected chi connectivity index (χ1v) is 8.43. The summed E-state index contributed by atoms with van der Waals surface area (Å²) in [7, 11) is 2.13. The van der Waals surface area contributed by atoms with E-state index >= 15 is 0 Å². The molecule has 0 spiro atoms. The topological polar surface area (TPSA) is 74.5 Å². The molecule has 2 atom stereocenters. The Balaban J connectivity index is 1.99. The second kappa shape index (κ2) is 8.26. The Bertz CT molecular complexity index is 513. The average molecular weight is 319 g/mol. The van der Waals surface area contributed by atoms with Crippen molar-refractivity contribution < 1.29 is 4.79 Å². The molecule has 1 aromatic heterocycles. The second-order valence-corrected chi connectivity index (χ2v) is 6.41. The number of anilines is 1. The molecule has 2 unspecified atom stereocenters. The first kappa shape index (κ1) is 17.7. The van der Waals surface area contributed by atoms with Gasteiger partial charge in [0.25, 0.3) is 0 Å². The minimum absolute atomic E-state index is 0.0902. The van der Waals surface area contributed by atoms with Gasteiger partial charge in [0.1, 0.15) is 5.82 Å². The fourth-order valence-electron chi connectivity index (χ4n) is 2.68. The molecule has 0 aromatic carbocycles. The molecule has 1 aliphatic rings. The standard InChI is InChI=1S/C17H29N5O/c1-4-13(2)15(18)17(23)20-12-14-6-5-7-19-16(14)22-10-8-21(3)9-11-22/h5-7,13,15H,4,8-12,18H2,1-3H3,(H,20,23). The molecule has 6 nitrogen and oxygen atoms in total. The van der Waals surface area contributed by atoms with E-state index in [1.807, 2.05) is 32.2 Å². The Morgan fingerprint density at radius 3 is 2.74 bits per heavy atom. The molecule has 128 valence electrons. The van der Waals surface area contributed by atoms with Crippen LogP contribution in [0.5, 0.6) is 0 Å². The molecule has 0 saturated carbocycles. The summed E-state index contributed by atoms with van der Waals surface area (Å²) in [5, 5.41) is 2.96. The molecular formula is C17H29N5O. The van der Waals surface area contributed by atoms with Crippen molar-refractivity contribution in [2.75, 3.05) is 38.1 Å². The number of aromatic nitrogens is 1. The largest absolute Gasteiger partial charge is 0.354 e. The van der Waals surface area contributed by atoms with Crippen LogP contribution in [-0.4, -0.2) is 55.1 Å². The van der Waals surface area contributed by atoms with Crippen LogP contribution in [0, 0.1) is 5.92 Å². The Labute approximate surface area is 139 Å². The van der Waals surface area contributed by atoms with E-state index in [9.17, 15) is 4.79 Å². The molecule has 1 saturated heterocycles. The van der Waals surface area contributed by atoms with Gasteiger partial charge in [0.2, 0.25) is 5.91 Å². The van der Waals surface area contributed by atoms with Crippen molar-refractivity contribution in [1.82, 2.24) is 15.2 Å². The van der Waals surface area contributed by atoms with Crippen molar-refractivity contribution in [2.45, 2.75) is 32.9 Å². The van der Waals surface area contributed by atoms with E-state index in [-0.39, 0.29) is 11.8 Å². The van der Waals surface area contributed by atoms with Gasteiger partial charge in [0.15, 0.2) is 0 Å². The normalized spacial score (nSPS) is 18.5. The number of likely N-dealkylation sites (N-methyl/N-ethyl adjacent to an activating group) is 1. The molecule has 1 aliphatic heterocycles. The number of pyridine rings is 1. The third-order valence-corrected chi connectivity index (χ3v) is 4.68. The first-order chi connectivity index (χ1) is 11.0. The number of carbonyl (C=O) groups excluding carboxylic acids is 1. The third kappa shape index (κ3) is 4.65. The number of nitrogens with two attached hydrogens (primary N) is 1. The number of amides is 1. The lowest BCUT2D eigenvalue weighted by atomic mass is 9.99. The van der Waals surface area contributed by atoms with Gasteiger partial charge in [-0.1, -0.05) is 26.3 Å². The highest BCUT2D eigenvalue weighted by Crippen LogP contribution is 2.18. The van der Waals surface area contributed by atoms with Gasteiger partial charge in [-0.25, -0.2) is 4.98 Å². The highest BCUT2D eigenvalue weighted by Gasteiger charge is 2.21. The number of nitrogens with zero attached hydrogens (tertiary/aromatic N) is 3. The summed E-state index contributed by atoms with van der Waals surface area (Å²) in [4.78, 5) is 21.3. The van der Waals surface area contributed by atoms with Gasteiger partial charge in [0, 0.05) is 44.5 Å². The molecule has 1 amide bonds. The first-order valence-electron chi connectivity index (χ1n) is 8.43. The predicted molar refractivity (Wildman–Crippen MR) is 93.2 cm³/mol. The van der Waals surface area contributed by atoms with E-state index in [1.165, 1.54) is 0 Å². The van der Waals surface area contributed by atoms with Crippen molar-refractivity contribution in [3.05, 3.63) is 23.9 Å². The van der Waals surface area contributed by atoms with Gasteiger partial charge in [-0.05, 0) is 19.0 Å². The van der Waals surface area contributed by atoms with Crippen LogP contribution in [0.4, 0.5) is 5.82 Å². The van der Waals surface area contributed by atoms with Crippen molar-refractivity contribution in [1.29, 1.82) is 0 Å². The summed E-state index contributed by atoms with van der Waals surface area (Å²) in [5.41, 5.74) is 7.03. The number of hydrogen-bond donors (Lipinski definition) is 2. The van der Waals surface area contributed by atoms with Gasteiger partial charge in [-0.2, -0.15) is 0 Å². The number of rotatable bonds is 6. The molecule has 1 fully saturated rings. The Morgan fingerprint density at radius 2 is 2.09 bits per heavy atom. The molecule has 1 aromatic rings. The lowest BCUT2D eigenvalue weighted by Crippen LogP contribution is -2.46. The zero-order valence-electron chi connectivity index (χ0n) is 14.5. The summed E-state index contributed by atoms with van der Waals surface area (Å²) in [5.74, 6) is 1.06. The molecule has 2 heterocycles. The van der Waals surface area contributed by atoms with E-state index in [0.717, 1.165) is 44.0 Å². The summed E-state index contributed by atoms with van der Waals surface area (Å²) >= 11 is 0. The lowest BCUT2D eigenvalue weighted by molar-refractivity contribution is -0.123. The predicted octanol–water partition coefficient (Wildman–Crippen LogP) is 0.823. The van der Waals surface area contributed by atoms with Crippen molar-refractivity contribution in [3.8, 4) is 0 Å². The number of hydrogen-bond acceptors (Lipinski definition) is 5. The monoisotopic (exact) mass is 319 g/mol. The van der Waals surface area contributed by atoms with Crippen LogP contribution in [0.15, 0.2) is 18.3 Å². The van der Waals surface area contributed by atoms with Crippen LogP contribution in [0.25, 0.3) is 0 Å². The summed E-state index contributed by atoms with van der Waals surface area (Å²) in [6.45, 7) is 8.50. The molecule has 0 aliphatic carbocycles. The maximum atomic E-state index is 12.2. The second-order valence-electron chi connectivity index (χ2n) is 6.41. The van der Waals surface area contributed by atoms with Crippen molar-refractivity contribution >= 4 is 11.7 Å². The summed E-state index contributed by atoms with van der Waals surface area (Å²) in [6, 6.07) is 3.48. The van der Waals surface area contributed by atoms with Gasteiger partial charge in [0.05, 0.1) is 6.04 Å². The SMILES string of the molecule is CCC(C)C(N)C(=O)NCc1cccnc1N1CCN(C)CC1. The molecular weight excluding hydrogens is 290 g/mol. The smallest absolute Gasteiger partial charge is 0.237 e. The van der Waals surface area contributed by atoms with Crippen LogP contribution >= 0.6 is 0 Å². The van der Waals surface area contributed by atoms with E-state index in [4.69, 9.17) is 5.73 Å². The maximum Gasteiger partial charge on any atom is 0.237 e. The van der Waals surface area contributed by atoms with Gasteiger partial charge in [-0.3, -0.25) is 4.79 Å². The lowest BCUT2D eigenvalue weighted by Gasteiger charge is -2.34. The van der Waals surface area contributed by atoms with E-state index < -0.39 is 6.04 Å². The average Bonchev–Trinajstić information content (AvgIpc) is 2.59.